The number of fused-ring (bicyclic) bond motifs is 1. The fraction of sp³-hybridized carbons (Fsp3) is 0.789. The average molecular weight is 448 g/mol. The molecule has 0 aromatic carbocycles. The second-order valence-electron chi connectivity index (χ2n) is 8.21. The lowest BCUT2D eigenvalue weighted by Gasteiger charge is -2.46. The van der Waals surface area contributed by atoms with E-state index in [0.29, 0.717) is 0 Å². The van der Waals surface area contributed by atoms with Crippen LogP contribution < -0.4 is 0 Å². The monoisotopic (exact) mass is 448 g/mol. The van der Waals surface area contributed by atoms with Crippen molar-refractivity contribution in [3.05, 3.63) is 12.3 Å². The minimum atomic E-state index is -1.85. The lowest BCUT2D eigenvalue weighted by molar-refractivity contribution is -0.351. The van der Waals surface area contributed by atoms with Gasteiger partial charge in [0.1, 0.15) is 41.7 Å². The Morgan fingerprint density at radius 2 is 1.77 bits per heavy atom. The Balaban J connectivity index is 1.91. The van der Waals surface area contributed by atoms with E-state index in [9.17, 15) is 35.1 Å². The van der Waals surface area contributed by atoms with Gasteiger partial charge in [0, 0.05) is 20.3 Å². The molecule has 0 radical (unpaired) electrons. The summed E-state index contributed by atoms with van der Waals surface area (Å²) in [4.78, 5) is 23.3. The first-order valence-corrected chi connectivity index (χ1v) is 9.81. The van der Waals surface area contributed by atoms with Crippen LogP contribution in [0.5, 0.6) is 0 Å². The summed E-state index contributed by atoms with van der Waals surface area (Å²) in [5, 5.41) is 50.9. The molecule has 0 bridgehead atoms. The first kappa shape index (κ1) is 23.9. The standard InChI is InChI=1S/C19H28O12/c1-8(21)28-11-6-18(3,31-9(2)22)15-17(27-5-4-19(11,15)26)30-16-14(25)13(24)12(23)10(7-20)29-16/h4-5,10-17,20,23-26H,6-7H2,1-3H3/t10?,11-,12?,13?,14?,15-,16?,17+,18+,19-/m1/s1. The van der Waals surface area contributed by atoms with Gasteiger partial charge in [-0.25, -0.2) is 0 Å². The molecule has 3 rings (SSSR count). The number of hydrogen-bond acceptors (Lipinski definition) is 12. The Hall–Kier alpha value is -1.80. The van der Waals surface area contributed by atoms with Gasteiger partial charge in [0.15, 0.2) is 6.29 Å². The number of carbonyl (C=O) groups excluding carboxylic acids is 2. The Labute approximate surface area is 177 Å². The van der Waals surface area contributed by atoms with E-state index in [4.69, 9.17) is 23.7 Å². The SMILES string of the molecule is CC(=O)O[C@@H]1C[C@](C)(OC(C)=O)[C@H]2[C@H](OC3OC(CO)C(O)C(O)C3O)OC=C[C@@]12O. The lowest BCUT2D eigenvalue weighted by atomic mass is 9.81. The Bertz CT molecular complexity index is 725. The van der Waals surface area contributed by atoms with Crippen molar-refractivity contribution < 1.29 is 58.8 Å². The molecule has 176 valence electrons. The highest BCUT2D eigenvalue weighted by Gasteiger charge is 2.68. The van der Waals surface area contributed by atoms with E-state index >= 15 is 0 Å². The molecular weight excluding hydrogens is 420 g/mol. The highest BCUT2D eigenvalue weighted by Crippen LogP contribution is 2.52. The number of esters is 2. The second kappa shape index (κ2) is 8.62. The van der Waals surface area contributed by atoms with Crippen LogP contribution in [0.4, 0.5) is 0 Å². The molecule has 3 aliphatic rings. The molecule has 0 spiro atoms. The van der Waals surface area contributed by atoms with Crippen molar-refractivity contribution in [2.75, 3.05) is 6.61 Å². The number of hydrogen-bond donors (Lipinski definition) is 5. The third kappa shape index (κ3) is 4.29. The Morgan fingerprint density at radius 1 is 1.10 bits per heavy atom. The minimum Gasteiger partial charge on any atom is -0.472 e. The molecule has 5 unspecified atom stereocenters. The van der Waals surface area contributed by atoms with Gasteiger partial charge in [-0.2, -0.15) is 0 Å². The maximum absolute atomic E-state index is 11.8. The molecular formula is C19H28O12. The lowest BCUT2D eigenvalue weighted by Crippen LogP contribution is -2.62. The van der Waals surface area contributed by atoms with Gasteiger partial charge < -0.3 is 49.2 Å². The van der Waals surface area contributed by atoms with Crippen LogP contribution in [-0.4, -0.2) is 98.4 Å². The zero-order chi connectivity index (χ0) is 23.1. The maximum Gasteiger partial charge on any atom is 0.303 e. The molecule has 1 aliphatic carbocycles. The van der Waals surface area contributed by atoms with Crippen molar-refractivity contribution >= 4 is 11.9 Å². The van der Waals surface area contributed by atoms with Gasteiger partial charge in [0.05, 0.1) is 18.8 Å². The normalized spacial score (nSPS) is 46.7. The largest absolute Gasteiger partial charge is 0.472 e. The number of carbonyl (C=O) groups is 2. The topological polar surface area (TPSA) is 181 Å². The average Bonchev–Trinajstić information content (AvgIpc) is 2.88. The van der Waals surface area contributed by atoms with Crippen LogP contribution >= 0.6 is 0 Å². The van der Waals surface area contributed by atoms with Crippen molar-refractivity contribution in [1.82, 2.24) is 0 Å². The molecule has 5 N–H and O–H groups in total. The summed E-state index contributed by atoms with van der Waals surface area (Å²) in [5.74, 6) is -2.45. The zero-order valence-corrected chi connectivity index (χ0v) is 17.3. The fourth-order valence-electron chi connectivity index (χ4n) is 4.56. The summed E-state index contributed by atoms with van der Waals surface area (Å²) in [7, 11) is 0. The van der Waals surface area contributed by atoms with Crippen molar-refractivity contribution in [3.63, 3.8) is 0 Å². The van der Waals surface area contributed by atoms with Gasteiger partial charge in [-0.05, 0) is 13.0 Å². The first-order valence-electron chi connectivity index (χ1n) is 9.81. The molecule has 1 saturated heterocycles. The van der Waals surface area contributed by atoms with Gasteiger partial charge in [0.25, 0.3) is 0 Å². The van der Waals surface area contributed by atoms with Crippen molar-refractivity contribution in [2.45, 2.75) is 81.5 Å². The van der Waals surface area contributed by atoms with Crippen LogP contribution in [0.3, 0.4) is 0 Å². The molecule has 12 heteroatoms. The van der Waals surface area contributed by atoms with Gasteiger partial charge in [0.2, 0.25) is 6.29 Å². The van der Waals surface area contributed by atoms with Crippen LogP contribution in [0.15, 0.2) is 12.3 Å². The van der Waals surface area contributed by atoms with Crippen LogP contribution in [0.25, 0.3) is 0 Å². The van der Waals surface area contributed by atoms with Crippen molar-refractivity contribution in [3.8, 4) is 0 Å². The minimum absolute atomic E-state index is 0.0738. The quantitative estimate of drug-likeness (QED) is 0.284. The van der Waals surface area contributed by atoms with E-state index in [0.717, 1.165) is 6.26 Å². The molecule has 10 atom stereocenters. The summed E-state index contributed by atoms with van der Waals surface area (Å²) in [6.07, 6.45) is -7.97. The van der Waals surface area contributed by atoms with Crippen LogP contribution in [0, 0.1) is 5.92 Å². The number of ether oxygens (including phenoxy) is 5. The third-order valence-corrected chi connectivity index (χ3v) is 5.88. The van der Waals surface area contributed by atoms with Gasteiger partial charge in [-0.3, -0.25) is 9.59 Å². The highest BCUT2D eigenvalue weighted by molar-refractivity contribution is 5.67. The van der Waals surface area contributed by atoms with Crippen LogP contribution in [0.2, 0.25) is 0 Å². The van der Waals surface area contributed by atoms with Crippen molar-refractivity contribution in [2.24, 2.45) is 5.92 Å². The van der Waals surface area contributed by atoms with E-state index in [1.165, 1.54) is 26.8 Å². The van der Waals surface area contributed by atoms with Gasteiger partial charge >= 0.3 is 11.9 Å². The summed E-state index contributed by atoms with van der Waals surface area (Å²) >= 11 is 0. The predicted octanol–water partition coefficient (Wildman–Crippen LogP) is -2.32. The summed E-state index contributed by atoms with van der Waals surface area (Å²) in [6.45, 7) is 3.20. The van der Waals surface area contributed by atoms with E-state index in [-0.39, 0.29) is 6.42 Å². The molecule has 0 aromatic heterocycles. The zero-order valence-electron chi connectivity index (χ0n) is 17.3. The van der Waals surface area contributed by atoms with Crippen LogP contribution in [0.1, 0.15) is 27.2 Å². The molecule has 0 aromatic rings. The molecule has 1 saturated carbocycles. The van der Waals surface area contributed by atoms with Gasteiger partial charge in [-0.15, -0.1) is 0 Å². The number of aliphatic hydroxyl groups is 5. The molecule has 2 heterocycles. The molecule has 12 nitrogen and oxygen atoms in total. The molecule has 2 aliphatic heterocycles. The predicted molar refractivity (Wildman–Crippen MR) is 97.6 cm³/mol. The van der Waals surface area contributed by atoms with E-state index in [1.807, 2.05) is 0 Å². The van der Waals surface area contributed by atoms with E-state index in [1.54, 1.807) is 0 Å². The fourth-order valence-corrected chi connectivity index (χ4v) is 4.56. The molecule has 31 heavy (non-hydrogen) atoms. The summed E-state index contributed by atoms with van der Waals surface area (Å²) in [6, 6.07) is 0. The first-order chi connectivity index (χ1) is 14.4. The van der Waals surface area contributed by atoms with E-state index < -0.39 is 78.8 Å². The Morgan fingerprint density at radius 3 is 2.35 bits per heavy atom. The highest BCUT2D eigenvalue weighted by atomic mass is 16.8. The number of aliphatic hydroxyl groups excluding tert-OH is 4. The van der Waals surface area contributed by atoms with E-state index in [2.05, 4.69) is 0 Å². The molecule has 0 amide bonds. The smallest absolute Gasteiger partial charge is 0.303 e. The van der Waals surface area contributed by atoms with Crippen LogP contribution in [-0.2, 0) is 33.3 Å². The summed E-state index contributed by atoms with van der Waals surface area (Å²) in [5.41, 5.74) is -3.27. The molecule has 2 fully saturated rings. The Kier molecular flexibility index (Phi) is 6.63. The maximum atomic E-state index is 11.8. The third-order valence-electron chi connectivity index (χ3n) is 5.88. The summed E-state index contributed by atoms with van der Waals surface area (Å²) < 4.78 is 27.2. The number of rotatable bonds is 5. The van der Waals surface area contributed by atoms with Gasteiger partial charge in [-0.1, -0.05) is 0 Å². The van der Waals surface area contributed by atoms with Crippen molar-refractivity contribution in [1.29, 1.82) is 0 Å². The second-order valence-corrected chi connectivity index (χ2v) is 8.21.